The normalized spacial score (nSPS) is 20.8. The number of carbonyl (C=O) groups excluding carboxylic acids is 1. The summed E-state index contributed by atoms with van der Waals surface area (Å²) >= 11 is 0. The molecule has 0 radical (unpaired) electrons. The standard InChI is InChI=1S/C11H10F2O/c1-6-2-3-8(11(13)10(6)12)7-4-5-9(7)14/h2-3,7H,4-5H2,1H3. The van der Waals surface area contributed by atoms with Crippen LogP contribution in [0.5, 0.6) is 0 Å². The Morgan fingerprint density at radius 1 is 1.29 bits per heavy atom. The van der Waals surface area contributed by atoms with Crippen molar-refractivity contribution in [3.8, 4) is 0 Å². The number of ketones is 1. The van der Waals surface area contributed by atoms with Crippen molar-refractivity contribution in [1.82, 2.24) is 0 Å². The molecule has 1 nitrogen and oxygen atoms in total. The summed E-state index contributed by atoms with van der Waals surface area (Å²) in [6.07, 6.45) is 1.12. The van der Waals surface area contributed by atoms with E-state index in [1.54, 1.807) is 0 Å². The van der Waals surface area contributed by atoms with E-state index < -0.39 is 17.6 Å². The molecule has 14 heavy (non-hydrogen) atoms. The van der Waals surface area contributed by atoms with Gasteiger partial charge in [0.1, 0.15) is 5.78 Å². The third-order valence-corrected chi connectivity index (χ3v) is 2.75. The van der Waals surface area contributed by atoms with Gasteiger partial charge in [-0.3, -0.25) is 4.79 Å². The van der Waals surface area contributed by atoms with E-state index in [1.807, 2.05) is 0 Å². The van der Waals surface area contributed by atoms with Crippen molar-refractivity contribution >= 4 is 5.78 Å². The molecule has 1 aliphatic carbocycles. The molecule has 0 heterocycles. The Kier molecular flexibility index (Phi) is 2.10. The van der Waals surface area contributed by atoms with Crippen LogP contribution in [0.1, 0.15) is 29.9 Å². The first-order valence-electron chi connectivity index (χ1n) is 4.58. The van der Waals surface area contributed by atoms with Crippen LogP contribution in [0.4, 0.5) is 8.78 Å². The first kappa shape index (κ1) is 9.31. The van der Waals surface area contributed by atoms with Crippen molar-refractivity contribution in [2.75, 3.05) is 0 Å². The highest BCUT2D eigenvalue weighted by Crippen LogP contribution is 2.35. The molecule has 1 fully saturated rings. The van der Waals surface area contributed by atoms with Gasteiger partial charge in [0.05, 0.1) is 0 Å². The number of hydrogen-bond acceptors (Lipinski definition) is 1. The van der Waals surface area contributed by atoms with Gasteiger partial charge in [0.15, 0.2) is 11.6 Å². The van der Waals surface area contributed by atoms with E-state index in [1.165, 1.54) is 19.1 Å². The fourth-order valence-electron chi connectivity index (χ4n) is 1.67. The van der Waals surface area contributed by atoms with Crippen LogP contribution in [0.15, 0.2) is 12.1 Å². The number of aryl methyl sites for hydroxylation is 1. The van der Waals surface area contributed by atoms with Gasteiger partial charge in [-0.2, -0.15) is 0 Å². The number of rotatable bonds is 1. The highest BCUT2D eigenvalue weighted by Gasteiger charge is 2.32. The van der Waals surface area contributed by atoms with E-state index in [2.05, 4.69) is 0 Å². The molecule has 1 aromatic rings. The van der Waals surface area contributed by atoms with Crippen LogP contribution in [0.3, 0.4) is 0 Å². The van der Waals surface area contributed by atoms with Crippen LogP contribution in [0.2, 0.25) is 0 Å². The third-order valence-electron chi connectivity index (χ3n) is 2.75. The summed E-state index contributed by atoms with van der Waals surface area (Å²) in [4.78, 5) is 11.1. The van der Waals surface area contributed by atoms with Crippen LogP contribution < -0.4 is 0 Å². The van der Waals surface area contributed by atoms with Gasteiger partial charge in [-0.05, 0) is 18.9 Å². The van der Waals surface area contributed by atoms with Gasteiger partial charge in [-0.1, -0.05) is 12.1 Å². The van der Waals surface area contributed by atoms with Crippen LogP contribution in [-0.4, -0.2) is 5.78 Å². The Morgan fingerprint density at radius 2 is 2.00 bits per heavy atom. The Labute approximate surface area is 80.7 Å². The topological polar surface area (TPSA) is 17.1 Å². The highest BCUT2D eigenvalue weighted by atomic mass is 19.2. The smallest absolute Gasteiger partial charge is 0.163 e. The largest absolute Gasteiger partial charge is 0.299 e. The average molecular weight is 196 g/mol. The highest BCUT2D eigenvalue weighted by molar-refractivity contribution is 5.91. The zero-order valence-electron chi connectivity index (χ0n) is 7.81. The molecule has 1 aromatic carbocycles. The summed E-state index contributed by atoms with van der Waals surface area (Å²) in [6, 6.07) is 3.02. The van der Waals surface area contributed by atoms with Crippen molar-refractivity contribution < 1.29 is 13.6 Å². The minimum Gasteiger partial charge on any atom is -0.299 e. The van der Waals surface area contributed by atoms with Crippen LogP contribution in [0, 0.1) is 18.6 Å². The van der Waals surface area contributed by atoms with Crippen molar-refractivity contribution in [1.29, 1.82) is 0 Å². The second-order valence-electron chi connectivity index (χ2n) is 3.66. The van der Waals surface area contributed by atoms with E-state index in [4.69, 9.17) is 0 Å². The molecular weight excluding hydrogens is 186 g/mol. The maximum atomic E-state index is 13.4. The molecule has 74 valence electrons. The second kappa shape index (κ2) is 3.15. The summed E-state index contributed by atoms with van der Waals surface area (Å²) in [7, 11) is 0. The molecule has 0 saturated heterocycles. The molecular formula is C11H10F2O. The van der Waals surface area contributed by atoms with Crippen LogP contribution >= 0.6 is 0 Å². The maximum absolute atomic E-state index is 13.4. The Balaban J connectivity index is 2.44. The van der Waals surface area contributed by atoms with Gasteiger partial charge in [0.25, 0.3) is 0 Å². The monoisotopic (exact) mass is 196 g/mol. The van der Waals surface area contributed by atoms with E-state index in [9.17, 15) is 13.6 Å². The summed E-state index contributed by atoms with van der Waals surface area (Å²) in [5, 5.41) is 0. The minimum absolute atomic E-state index is 0.00662. The molecule has 3 heteroatoms. The zero-order valence-corrected chi connectivity index (χ0v) is 7.81. The zero-order chi connectivity index (χ0) is 10.3. The number of benzene rings is 1. The van der Waals surface area contributed by atoms with Crippen LogP contribution in [-0.2, 0) is 4.79 Å². The second-order valence-corrected chi connectivity index (χ2v) is 3.66. The van der Waals surface area contributed by atoms with Crippen molar-refractivity contribution in [2.45, 2.75) is 25.7 Å². The number of Topliss-reactive ketones (excluding diaryl/α,β-unsaturated/α-hetero) is 1. The molecule has 1 unspecified atom stereocenters. The number of carbonyl (C=O) groups is 1. The lowest BCUT2D eigenvalue weighted by molar-refractivity contribution is -0.125. The van der Waals surface area contributed by atoms with E-state index >= 15 is 0 Å². The molecule has 0 spiro atoms. The molecule has 0 amide bonds. The minimum atomic E-state index is -0.858. The Bertz CT molecular complexity index is 399. The Morgan fingerprint density at radius 3 is 2.50 bits per heavy atom. The molecule has 0 N–H and O–H groups in total. The SMILES string of the molecule is Cc1ccc(C2CCC2=O)c(F)c1F. The predicted molar refractivity (Wildman–Crippen MR) is 48.1 cm³/mol. The van der Waals surface area contributed by atoms with Crippen LogP contribution in [0.25, 0.3) is 0 Å². The van der Waals surface area contributed by atoms with Crippen molar-refractivity contribution in [3.63, 3.8) is 0 Å². The molecule has 2 rings (SSSR count). The number of hydrogen-bond donors (Lipinski definition) is 0. The fraction of sp³-hybridized carbons (Fsp3) is 0.364. The van der Waals surface area contributed by atoms with Crippen molar-refractivity contribution in [3.05, 3.63) is 34.9 Å². The maximum Gasteiger partial charge on any atom is 0.163 e. The molecule has 0 bridgehead atoms. The quantitative estimate of drug-likeness (QED) is 0.675. The van der Waals surface area contributed by atoms with Crippen molar-refractivity contribution in [2.24, 2.45) is 0 Å². The Hall–Kier alpha value is -1.25. The average Bonchev–Trinajstić information content (AvgIpc) is 2.16. The van der Waals surface area contributed by atoms with E-state index in [0.717, 1.165) is 0 Å². The van der Waals surface area contributed by atoms with E-state index in [0.29, 0.717) is 12.8 Å². The van der Waals surface area contributed by atoms with Gasteiger partial charge < -0.3 is 0 Å². The number of halogens is 2. The predicted octanol–water partition coefficient (Wildman–Crippen LogP) is 2.72. The van der Waals surface area contributed by atoms with Gasteiger partial charge in [0, 0.05) is 17.9 Å². The summed E-state index contributed by atoms with van der Waals surface area (Å²) < 4.78 is 26.5. The lowest BCUT2D eigenvalue weighted by Crippen LogP contribution is -2.24. The molecule has 1 aliphatic rings. The first-order chi connectivity index (χ1) is 6.61. The van der Waals surface area contributed by atoms with Gasteiger partial charge in [0.2, 0.25) is 0 Å². The van der Waals surface area contributed by atoms with E-state index in [-0.39, 0.29) is 16.9 Å². The summed E-state index contributed by atoms with van der Waals surface area (Å²) in [5.41, 5.74) is 0.488. The molecule has 1 saturated carbocycles. The summed E-state index contributed by atoms with van der Waals surface area (Å²) in [5.74, 6) is -2.09. The first-order valence-corrected chi connectivity index (χ1v) is 4.58. The van der Waals surface area contributed by atoms with Gasteiger partial charge in [-0.15, -0.1) is 0 Å². The molecule has 0 aliphatic heterocycles. The lowest BCUT2D eigenvalue weighted by Gasteiger charge is -2.24. The lowest BCUT2D eigenvalue weighted by atomic mass is 9.78. The van der Waals surface area contributed by atoms with Gasteiger partial charge >= 0.3 is 0 Å². The third kappa shape index (κ3) is 1.24. The fourth-order valence-corrected chi connectivity index (χ4v) is 1.67. The summed E-state index contributed by atoms with van der Waals surface area (Å²) in [6.45, 7) is 1.50. The molecule has 0 aromatic heterocycles. The van der Waals surface area contributed by atoms with Gasteiger partial charge in [-0.25, -0.2) is 8.78 Å². The molecule has 1 atom stereocenters.